The van der Waals surface area contributed by atoms with Crippen LogP contribution in [0.4, 0.5) is 0 Å². The molecule has 0 radical (unpaired) electrons. The van der Waals surface area contributed by atoms with Crippen LogP contribution in [-0.2, 0) is 49.5 Å². The summed E-state index contributed by atoms with van der Waals surface area (Å²) in [7, 11) is 2.91. The highest BCUT2D eigenvalue weighted by Gasteiger charge is 2.61. The second-order valence-corrected chi connectivity index (χ2v) is 12.1. The van der Waals surface area contributed by atoms with Crippen LogP contribution in [0.1, 0.15) is 44.4 Å². The minimum absolute atomic E-state index is 0.00896. The molecule has 17 nitrogen and oxygen atoms in total. The lowest BCUT2D eigenvalue weighted by atomic mass is 10.1. The number of terminal acetylenes is 1. The fourth-order valence-electron chi connectivity index (χ4n) is 6.76. The monoisotopic (exact) mass is 683 g/mol. The van der Waals surface area contributed by atoms with Crippen molar-refractivity contribution >= 4 is 5.97 Å². The number of carbonyl (C=O) groups is 1. The van der Waals surface area contributed by atoms with Crippen molar-refractivity contribution < 1.29 is 47.7 Å². The van der Waals surface area contributed by atoms with Crippen LogP contribution < -0.4 is 16.0 Å². The van der Waals surface area contributed by atoms with Crippen molar-refractivity contribution in [2.24, 2.45) is 5.11 Å². The van der Waals surface area contributed by atoms with Gasteiger partial charge in [0.2, 0.25) is 6.29 Å². The number of hydrogen-bond donors (Lipinski definition) is 0. The molecule has 1 aromatic heterocycles. The van der Waals surface area contributed by atoms with Crippen molar-refractivity contribution in [1.29, 1.82) is 0 Å². The van der Waals surface area contributed by atoms with E-state index in [0.29, 0.717) is 24.2 Å². The van der Waals surface area contributed by atoms with Crippen molar-refractivity contribution in [2.75, 3.05) is 20.8 Å². The zero-order chi connectivity index (χ0) is 34.7. The number of ether oxygens (including phenoxy) is 7. The number of esters is 1. The summed E-state index contributed by atoms with van der Waals surface area (Å²) in [4.78, 5) is 52.6. The molecule has 49 heavy (non-hydrogen) atoms. The Labute approximate surface area is 280 Å². The SMILES string of the molecule is C#CC(OO[C@@H]1O[C@H](CN=[N+]=[N-])[C@@H](OC(C)=O)[C@H]1OC)[C@H]1O[C@@H](n2ccc(=O)n(Cc3ccc(OC)cc3)c2=O)[C@@H]2OC3(CCCC3)O[C@@H]21. The molecule has 3 saturated heterocycles. The largest absolute Gasteiger partial charge is 0.497 e. The molecule has 3 aliphatic heterocycles. The summed E-state index contributed by atoms with van der Waals surface area (Å²) in [5, 5.41) is 3.52. The van der Waals surface area contributed by atoms with Gasteiger partial charge in [-0.05, 0) is 36.1 Å². The molecule has 1 saturated carbocycles. The topological polar surface area (TPSA) is 193 Å². The smallest absolute Gasteiger partial charge is 0.333 e. The average Bonchev–Trinajstić information content (AvgIpc) is 3.87. The van der Waals surface area contributed by atoms with Gasteiger partial charge in [-0.15, -0.1) is 6.42 Å². The van der Waals surface area contributed by atoms with Crippen LogP contribution in [-0.4, -0.2) is 90.7 Å². The third kappa shape index (κ3) is 6.95. The zero-order valence-corrected chi connectivity index (χ0v) is 27.1. The van der Waals surface area contributed by atoms with Crippen molar-refractivity contribution in [3.8, 4) is 18.1 Å². The number of hydrogen-bond acceptors (Lipinski definition) is 13. The highest BCUT2D eigenvalue weighted by atomic mass is 17.2. The molecule has 6 rings (SSSR count). The van der Waals surface area contributed by atoms with Gasteiger partial charge in [0.1, 0.15) is 30.2 Å². The zero-order valence-electron chi connectivity index (χ0n) is 27.1. The lowest BCUT2D eigenvalue weighted by molar-refractivity contribution is -0.407. The van der Waals surface area contributed by atoms with E-state index in [2.05, 4.69) is 15.9 Å². The maximum Gasteiger partial charge on any atom is 0.333 e. The molecule has 262 valence electrons. The summed E-state index contributed by atoms with van der Waals surface area (Å²) < 4.78 is 43.7. The van der Waals surface area contributed by atoms with Crippen LogP contribution in [0.25, 0.3) is 10.4 Å². The van der Waals surface area contributed by atoms with Crippen LogP contribution in [0.2, 0.25) is 0 Å². The molecule has 9 atom stereocenters. The van der Waals surface area contributed by atoms with E-state index in [1.54, 1.807) is 31.4 Å². The van der Waals surface area contributed by atoms with Gasteiger partial charge in [0.15, 0.2) is 30.3 Å². The Balaban J connectivity index is 1.25. The number of benzene rings is 1. The lowest BCUT2D eigenvalue weighted by Crippen LogP contribution is -2.43. The van der Waals surface area contributed by atoms with E-state index in [-0.39, 0.29) is 13.1 Å². The number of azide groups is 1. The second kappa shape index (κ2) is 14.7. The summed E-state index contributed by atoms with van der Waals surface area (Å²) in [6.45, 7) is 1.06. The molecular formula is C32H37N5O12. The van der Waals surface area contributed by atoms with E-state index >= 15 is 0 Å². The quantitative estimate of drug-likeness (QED) is 0.0602. The number of carbonyl (C=O) groups excluding carboxylic acids is 1. The van der Waals surface area contributed by atoms with Gasteiger partial charge in [-0.1, -0.05) is 23.2 Å². The maximum absolute atomic E-state index is 13.9. The normalized spacial score (nSPS) is 30.4. The first-order chi connectivity index (χ1) is 23.7. The highest BCUT2D eigenvalue weighted by molar-refractivity contribution is 5.66. The molecule has 0 amide bonds. The van der Waals surface area contributed by atoms with E-state index in [9.17, 15) is 14.4 Å². The van der Waals surface area contributed by atoms with E-state index in [0.717, 1.165) is 17.4 Å². The van der Waals surface area contributed by atoms with Crippen LogP contribution in [0, 0.1) is 12.3 Å². The molecule has 4 heterocycles. The second-order valence-electron chi connectivity index (χ2n) is 12.1. The van der Waals surface area contributed by atoms with Gasteiger partial charge in [0.05, 0.1) is 20.2 Å². The highest BCUT2D eigenvalue weighted by Crippen LogP contribution is 2.50. The molecule has 4 fully saturated rings. The summed E-state index contributed by atoms with van der Waals surface area (Å²) >= 11 is 0. The minimum Gasteiger partial charge on any atom is -0.497 e. The first kappa shape index (κ1) is 34.6. The lowest BCUT2D eigenvalue weighted by Gasteiger charge is -2.29. The number of aromatic nitrogens is 2. The predicted octanol–water partition coefficient (Wildman–Crippen LogP) is 1.95. The Bertz CT molecular complexity index is 1710. The van der Waals surface area contributed by atoms with Gasteiger partial charge in [-0.2, -0.15) is 0 Å². The third-order valence-electron chi connectivity index (χ3n) is 9.04. The molecule has 4 aliphatic rings. The third-order valence-corrected chi connectivity index (χ3v) is 9.04. The molecule has 1 spiro atoms. The van der Waals surface area contributed by atoms with Crippen molar-refractivity contribution in [1.82, 2.24) is 9.13 Å². The summed E-state index contributed by atoms with van der Waals surface area (Å²) in [6.07, 6.45) is 1.43. The summed E-state index contributed by atoms with van der Waals surface area (Å²) in [6, 6.07) is 8.30. The predicted molar refractivity (Wildman–Crippen MR) is 166 cm³/mol. The van der Waals surface area contributed by atoms with Gasteiger partial charge < -0.3 is 33.2 Å². The fourth-order valence-corrected chi connectivity index (χ4v) is 6.76. The van der Waals surface area contributed by atoms with Gasteiger partial charge in [0, 0.05) is 44.1 Å². The first-order valence-electron chi connectivity index (χ1n) is 15.8. The van der Waals surface area contributed by atoms with Gasteiger partial charge >= 0.3 is 11.7 Å². The van der Waals surface area contributed by atoms with Crippen molar-refractivity contribution in [3.63, 3.8) is 0 Å². The Kier molecular flexibility index (Phi) is 10.4. The Morgan fingerprint density at radius 3 is 2.51 bits per heavy atom. The summed E-state index contributed by atoms with van der Waals surface area (Å²) in [5.74, 6) is 1.67. The maximum atomic E-state index is 13.9. The number of nitrogens with zero attached hydrogens (tertiary/aromatic N) is 5. The van der Waals surface area contributed by atoms with Gasteiger partial charge in [-0.3, -0.25) is 18.7 Å². The summed E-state index contributed by atoms with van der Waals surface area (Å²) in [5.41, 5.74) is 8.40. The van der Waals surface area contributed by atoms with Crippen LogP contribution in [0.15, 0.2) is 51.2 Å². The number of fused-ring (bicyclic) bond motifs is 1. The van der Waals surface area contributed by atoms with Crippen LogP contribution in [0.3, 0.4) is 0 Å². The van der Waals surface area contributed by atoms with Crippen LogP contribution in [0.5, 0.6) is 5.75 Å². The van der Waals surface area contributed by atoms with E-state index in [1.165, 1.54) is 30.9 Å². The van der Waals surface area contributed by atoms with Gasteiger partial charge in [-0.25, -0.2) is 14.6 Å². The van der Waals surface area contributed by atoms with E-state index in [1.807, 2.05) is 0 Å². The average molecular weight is 684 g/mol. The Morgan fingerprint density at radius 2 is 1.86 bits per heavy atom. The van der Waals surface area contributed by atoms with Gasteiger partial charge in [0.25, 0.3) is 5.56 Å². The van der Waals surface area contributed by atoms with E-state index in [4.69, 9.17) is 54.9 Å². The molecule has 17 heteroatoms. The first-order valence-corrected chi connectivity index (χ1v) is 15.8. The Morgan fingerprint density at radius 1 is 1.12 bits per heavy atom. The van der Waals surface area contributed by atoms with E-state index < -0.39 is 78.3 Å². The molecule has 2 aromatic rings. The van der Waals surface area contributed by atoms with Crippen molar-refractivity contribution in [3.05, 3.63) is 73.4 Å². The standard InChI is InChI=1S/C32H37N5O12/c1-5-21(48-49-30-28(42-4)25(43-18(2)38)22(44-30)16-34-35-33)24-26-27(47-32(46-26)13-6-7-14-32)29(45-24)36-15-12-23(39)37(31(36)40)17-19-8-10-20(41-3)11-9-19/h1,8-12,15,21-22,24-30H,6-7,13-14,16-17H2,2-4H3/t21?,22-,24-,25-,26-,27-,28-,29-,30+/m1/s1. The molecule has 1 aromatic carbocycles. The molecular weight excluding hydrogens is 646 g/mol. The molecule has 0 N–H and O–H groups in total. The van der Waals surface area contributed by atoms with Crippen LogP contribution >= 0.6 is 0 Å². The molecule has 1 aliphatic carbocycles. The number of methoxy groups -OCH3 is 2. The molecule has 1 unspecified atom stereocenters. The fraction of sp³-hybridized carbons (Fsp3) is 0.594. The number of rotatable bonds is 12. The Hall–Kier alpha value is -4.24. The minimum atomic E-state index is -1.25. The van der Waals surface area contributed by atoms with Crippen molar-refractivity contribution in [2.45, 2.75) is 100 Å². The molecule has 0 bridgehead atoms.